The zero-order valence-electron chi connectivity index (χ0n) is 44.5. The van der Waals surface area contributed by atoms with E-state index in [4.69, 9.17) is 28.6 Å². The average molecular weight is 1120 g/mol. The lowest BCUT2D eigenvalue weighted by atomic mass is 9.73. The number of benzene rings is 3. The molecule has 3 aliphatic heterocycles. The van der Waals surface area contributed by atoms with Crippen LogP contribution in [-0.2, 0) is 69.1 Å². The van der Waals surface area contributed by atoms with E-state index in [1.54, 1.807) is 21.1 Å². The van der Waals surface area contributed by atoms with Gasteiger partial charge in [0.15, 0.2) is 5.71 Å². The van der Waals surface area contributed by atoms with E-state index in [1.807, 2.05) is 39.0 Å². The maximum atomic E-state index is 12.6. The Kier molecular flexibility index (Phi) is 19.3. The largest absolute Gasteiger partial charge is 0.457 e. The number of allylic oxidation sites excluding steroid dienone is 7. The second-order valence-electron chi connectivity index (χ2n) is 20.0. The number of ether oxygens (including phenoxy) is 3. The van der Waals surface area contributed by atoms with Crippen LogP contribution in [0.1, 0.15) is 120 Å². The Labute approximate surface area is 454 Å². The number of anilines is 1. The number of carbonyl (C=O) groups is 3. The van der Waals surface area contributed by atoms with Crippen LogP contribution in [0.3, 0.4) is 0 Å². The number of rotatable bonds is 25. The molecular formula is C55H68N3O16S3+. The monoisotopic (exact) mass is 1120 g/mol. The van der Waals surface area contributed by atoms with Crippen LogP contribution in [0.2, 0.25) is 0 Å². The van der Waals surface area contributed by atoms with Crippen LogP contribution >= 0.6 is 12.0 Å². The van der Waals surface area contributed by atoms with E-state index >= 15 is 0 Å². The minimum Gasteiger partial charge on any atom is -0.457 e. The first kappa shape index (κ1) is 59.1. The van der Waals surface area contributed by atoms with Gasteiger partial charge in [0, 0.05) is 98.6 Å². The summed E-state index contributed by atoms with van der Waals surface area (Å²) >= 11 is 0.894. The van der Waals surface area contributed by atoms with Crippen molar-refractivity contribution in [3.63, 3.8) is 0 Å². The van der Waals surface area contributed by atoms with E-state index in [-0.39, 0.29) is 29.1 Å². The molecule has 1 fully saturated rings. The number of amides is 2. The fourth-order valence-corrected chi connectivity index (χ4v) is 12.5. The third-order valence-corrected chi connectivity index (χ3v) is 16.8. The van der Waals surface area contributed by atoms with Crippen molar-refractivity contribution in [3.8, 4) is 5.75 Å². The van der Waals surface area contributed by atoms with E-state index in [0.717, 1.165) is 74.8 Å². The first-order chi connectivity index (χ1) is 36.6. The molecule has 1 saturated heterocycles. The molecule has 416 valence electrons. The summed E-state index contributed by atoms with van der Waals surface area (Å²) in [7, 11) is -5.74. The zero-order valence-corrected chi connectivity index (χ0v) is 46.9. The van der Waals surface area contributed by atoms with Crippen LogP contribution < -0.4 is 9.64 Å². The summed E-state index contributed by atoms with van der Waals surface area (Å²) in [6.07, 6.45) is 13.7. The number of fused-ring (bicyclic) bond motifs is 2. The minimum absolute atomic E-state index is 0.00477. The highest BCUT2D eigenvalue weighted by molar-refractivity contribution is 7.94. The zero-order chi connectivity index (χ0) is 55.9. The molecule has 0 radical (unpaired) electrons. The van der Waals surface area contributed by atoms with E-state index in [9.17, 15) is 40.3 Å². The Bertz CT molecular complexity index is 3120. The van der Waals surface area contributed by atoms with Crippen LogP contribution in [0.4, 0.5) is 11.4 Å². The molecule has 4 aliphatic rings. The normalized spacial score (nSPS) is 18.4. The number of nitrogens with zero attached hydrogens (tertiary/aromatic N) is 3. The van der Waals surface area contributed by atoms with Gasteiger partial charge in [-0.05, 0) is 162 Å². The molecule has 3 heterocycles. The molecule has 3 N–H and O–H groups in total. The molecule has 19 nitrogen and oxygen atoms in total. The minimum atomic E-state index is -4.57. The summed E-state index contributed by atoms with van der Waals surface area (Å²) in [4.78, 5) is 44.3. The van der Waals surface area contributed by atoms with Gasteiger partial charge in [-0.15, -0.1) is 9.40 Å². The summed E-state index contributed by atoms with van der Waals surface area (Å²) in [6, 6.07) is 12.5. The average Bonchev–Trinajstić information content (AvgIpc) is 3.93. The highest BCUT2D eigenvalue weighted by Crippen LogP contribution is 2.55. The van der Waals surface area contributed by atoms with Crippen LogP contribution in [0.5, 0.6) is 5.75 Å². The Morgan fingerprint density at radius 2 is 1.49 bits per heavy atom. The van der Waals surface area contributed by atoms with Crippen molar-refractivity contribution in [2.45, 2.75) is 137 Å². The molecule has 22 heteroatoms. The first-order valence-electron chi connectivity index (χ1n) is 25.6. The van der Waals surface area contributed by atoms with Crippen molar-refractivity contribution >= 4 is 67.1 Å². The fourth-order valence-electron chi connectivity index (χ4n) is 10.9. The van der Waals surface area contributed by atoms with Crippen molar-refractivity contribution in [1.82, 2.24) is 5.06 Å². The molecule has 0 aromatic heterocycles. The summed E-state index contributed by atoms with van der Waals surface area (Å²) in [5.74, 6) is -0.932. The Hall–Kier alpha value is -5.53. The number of carbonyl (C=O) groups excluding carboxylic acids is 3. The molecule has 0 atom stereocenters. The third kappa shape index (κ3) is 13.2. The quantitative estimate of drug-likeness (QED) is 0.0136. The smallest absolute Gasteiger partial charge is 0.333 e. The van der Waals surface area contributed by atoms with Gasteiger partial charge in [-0.25, -0.2) is 10.1 Å². The van der Waals surface area contributed by atoms with Crippen molar-refractivity contribution < 1.29 is 78.6 Å². The van der Waals surface area contributed by atoms with Gasteiger partial charge in [0.05, 0.1) is 27.2 Å². The second-order valence-corrected chi connectivity index (χ2v) is 23.7. The fraction of sp³-hybridized carbons (Fsp3) is 0.455. The SMILES string of the molecule is CCCN1/C(=C/C=C2\CCCC(/C=C/C3=[N+](CCCCCC(=O)ON4C(=O)CCC4=O)c4c(C)cc(S(=O)(=O)O)cc4C3(C)C)=C2Oc2ccc(S(=O)(=O)O)cc2)C(CCOC)(CCOC)c2cc(SOOO)cc(C)c21. The number of hydrogen-bond donors (Lipinski definition) is 3. The molecule has 3 aromatic rings. The lowest BCUT2D eigenvalue weighted by Gasteiger charge is -2.34. The molecule has 0 bridgehead atoms. The molecule has 7 rings (SSSR count). The Morgan fingerprint density at radius 1 is 0.818 bits per heavy atom. The maximum absolute atomic E-state index is 12.6. The number of methoxy groups -OCH3 is 2. The summed E-state index contributed by atoms with van der Waals surface area (Å²) in [5, 5.41) is 13.6. The predicted molar refractivity (Wildman–Crippen MR) is 287 cm³/mol. The van der Waals surface area contributed by atoms with Crippen molar-refractivity contribution in [2.75, 3.05) is 45.4 Å². The van der Waals surface area contributed by atoms with Crippen LogP contribution in [0.15, 0.2) is 110 Å². The lowest BCUT2D eigenvalue weighted by Crippen LogP contribution is -2.34. The van der Waals surface area contributed by atoms with E-state index in [2.05, 4.69) is 39.7 Å². The molecule has 2 amide bonds. The third-order valence-electron chi connectivity index (χ3n) is 14.5. The number of imide groups is 1. The van der Waals surface area contributed by atoms with Crippen molar-refractivity contribution in [1.29, 1.82) is 0 Å². The molecule has 77 heavy (non-hydrogen) atoms. The molecular weight excluding hydrogens is 1050 g/mol. The maximum Gasteiger partial charge on any atom is 0.333 e. The number of hydroxylamine groups is 2. The lowest BCUT2D eigenvalue weighted by molar-refractivity contribution is -0.438. The highest BCUT2D eigenvalue weighted by atomic mass is 32.2. The molecule has 1 aliphatic carbocycles. The van der Waals surface area contributed by atoms with Crippen LogP contribution in [0.25, 0.3) is 0 Å². The van der Waals surface area contributed by atoms with Gasteiger partial charge >= 0.3 is 5.97 Å². The first-order valence-corrected chi connectivity index (χ1v) is 29.2. The molecule has 0 saturated carbocycles. The van der Waals surface area contributed by atoms with Crippen LogP contribution in [-0.4, -0.2) is 105 Å². The summed E-state index contributed by atoms with van der Waals surface area (Å²) in [5.41, 5.74) is 7.26. The van der Waals surface area contributed by atoms with Gasteiger partial charge in [-0.1, -0.05) is 18.0 Å². The molecule has 3 aromatic carbocycles. The summed E-state index contributed by atoms with van der Waals surface area (Å²) in [6.45, 7) is 11.9. The topological polar surface area (TPSA) is 245 Å². The van der Waals surface area contributed by atoms with E-state index in [1.165, 1.54) is 36.4 Å². The summed E-state index contributed by atoms with van der Waals surface area (Å²) < 4.78 is 94.8. The highest BCUT2D eigenvalue weighted by Gasteiger charge is 2.48. The number of unbranched alkanes of at least 4 members (excludes halogenated alkanes) is 2. The van der Waals surface area contributed by atoms with E-state index < -0.39 is 48.8 Å². The van der Waals surface area contributed by atoms with Crippen LogP contribution in [0, 0.1) is 13.8 Å². The van der Waals surface area contributed by atoms with E-state index in [0.29, 0.717) is 98.9 Å². The second kappa shape index (κ2) is 25.1. The standard InChI is InChI=1S/C55H67N3O16S3/c1-8-28-56-47(55(26-30-69-6,27-31-70-7)45-34-41(75-74-73-62)32-36(2)52(45)56)23-17-39-14-12-13-38(53(39)71-40-18-20-42(21-19-40)76(63,64)65)16-22-46-54(4,5)44-35-43(77(66,67)68)33-37(3)51(44)57(46)29-11-9-10-15-50(61)72-58-48(59)24-25-49(58)60/h16-23,32-35H,8-15,24-31H2,1-7H3,(H2-,62,63,64,65,66,67,68)/p+1. The van der Waals surface area contributed by atoms with Gasteiger partial charge in [0.1, 0.15) is 18.1 Å². The molecule has 0 unspecified atom stereocenters. The van der Waals surface area contributed by atoms with Gasteiger partial charge in [-0.2, -0.15) is 21.4 Å². The Morgan fingerprint density at radius 3 is 2.12 bits per heavy atom. The van der Waals surface area contributed by atoms with Gasteiger partial charge < -0.3 is 23.9 Å². The predicted octanol–water partition coefficient (Wildman–Crippen LogP) is 9.89. The van der Waals surface area contributed by atoms with Gasteiger partial charge in [0.25, 0.3) is 32.1 Å². The number of aryl methyl sites for hydroxylation is 2. The van der Waals surface area contributed by atoms with Gasteiger partial charge in [0.2, 0.25) is 5.69 Å². The Balaban J connectivity index is 1.34. The van der Waals surface area contributed by atoms with Crippen molar-refractivity contribution in [3.05, 3.63) is 118 Å². The number of hydrogen-bond acceptors (Lipinski definition) is 16. The van der Waals surface area contributed by atoms with Gasteiger partial charge in [-0.3, -0.25) is 18.7 Å². The van der Waals surface area contributed by atoms with Crippen molar-refractivity contribution in [2.24, 2.45) is 0 Å². The molecule has 0 spiro atoms.